The molecule has 0 spiro atoms. The van der Waals surface area contributed by atoms with E-state index in [4.69, 9.17) is 14.2 Å². The van der Waals surface area contributed by atoms with Crippen molar-refractivity contribution < 1.29 is 19.0 Å². The Kier molecular flexibility index (Phi) is 8.64. The van der Waals surface area contributed by atoms with Crippen molar-refractivity contribution in [3.63, 3.8) is 0 Å². The van der Waals surface area contributed by atoms with Crippen LogP contribution >= 0.6 is 15.9 Å². The number of carbonyl (C=O) groups is 1. The van der Waals surface area contributed by atoms with Crippen LogP contribution in [0.4, 0.5) is 0 Å². The Morgan fingerprint density at radius 2 is 1.82 bits per heavy atom. The van der Waals surface area contributed by atoms with Crippen molar-refractivity contribution in [1.82, 2.24) is 5.32 Å². The maximum absolute atomic E-state index is 12.1. The number of aryl methyl sites for hydroxylation is 1. The predicted octanol–water partition coefficient (Wildman–Crippen LogP) is 4.89. The van der Waals surface area contributed by atoms with Gasteiger partial charge in [0.2, 0.25) is 0 Å². The highest BCUT2D eigenvalue weighted by Crippen LogP contribution is 2.28. The smallest absolute Gasteiger partial charge is 0.258 e. The van der Waals surface area contributed by atoms with Crippen LogP contribution in [0.5, 0.6) is 17.2 Å². The van der Waals surface area contributed by atoms with Gasteiger partial charge in [0, 0.05) is 6.54 Å². The van der Waals surface area contributed by atoms with Gasteiger partial charge in [-0.2, -0.15) is 0 Å². The van der Waals surface area contributed by atoms with Gasteiger partial charge in [-0.25, -0.2) is 0 Å². The summed E-state index contributed by atoms with van der Waals surface area (Å²) in [5.74, 6) is 2.42. The second-order valence-corrected chi connectivity index (χ2v) is 7.87. The first kappa shape index (κ1) is 22.1. The van der Waals surface area contributed by atoms with Crippen molar-refractivity contribution in [2.75, 3.05) is 20.3 Å². The highest BCUT2D eigenvalue weighted by atomic mass is 79.9. The van der Waals surface area contributed by atoms with Crippen LogP contribution in [0.15, 0.2) is 40.9 Å². The molecule has 28 heavy (non-hydrogen) atoms. The van der Waals surface area contributed by atoms with E-state index in [-0.39, 0.29) is 12.5 Å². The van der Waals surface area contributed by atoms with Gasteiger partial charge in [-0.05, 0) is 70.6 Å². The van der Waals surface area contributed by atoms with Crippen LogP contribution in [-0.2, 0) is 11.3 Å². The van der Waals surface area contributed by atoms with Gasteiger partial charge in [-0.3, -0.25) is 4.79 Å². The molecule has 2 aromatic rings. The van der Waals surface area contributed by atoms with Crippen LogP contribution in [0.25, 0.3) is 0 Å². The van der Waals surface area contributed by atoms with Crippen molar-refractivity contribution in [2.45, 2.75) is 33.7 Å². The first-order valence-electron chi connectivity index (χ1n) is 9.34. The molecular weight excluding hydrogens is 422 g/mol. The molecule has 0 aromatic heterocycles. The molecule has 0 aliphatic carbocycles. The lowest BCUT2D eigenvalue weighted by atomic mass is 10.1. The molecule has 0 unspecified atom stereocenters. The molecule has 0 aliphatic heterocycles. The normalized spacial score (nSPS) is 10.6. The van der Waals surface area contributed by atoms with Crippen molar-refractivity contribution in [3.05, 3.63) is 52.0 Å². The lowest BCUT2D eigenvalue weighted by molar-refractivity contribution is -0.123. The molecule has 0 fully saturated rings. The minimum atomic E-state index is -0.191. The van der Waals surface area contributed by atoms with Gasteiger partial charge in [-0.15, -0.1) is 0 Å². The molecule has 0 saturated carbocycles. The van der Waals surface area contributed by atoms with E-state index in [0.29, 0.717) is 36.3 Å². The van der Waals surface area contributed by atoms with E-state index in [9.17, 15) is 4.79 Å². The van der Waals surface area contributed by atoms with Crippen LogP contribution in [0.2, 0.25) is 0 Å². The molecule has 5 nitrogen and oxygen atoms in total. The summed E-state index contributed by atoms with van der Waals surface area (Å²) in [6.07, 6.45) is 0.984. The monoisotopic (exact) mass is 449 g/mol. The van der Waals surface area contributed by atoms with Crippen LogP contribution in [0.3, 0.4) is 0 Å². The lowest BCUT2D eigenvalue weighted by Crippen LogP contribution is -2.28. The molecule has 0 heterocycles. The van der Waals surface area contributed by atoms with Crippen molar-refractivity contribution >= 4 is 21.8 Å². The number of carbonyl (C=O) groups excluding carboxylic acids is 1. The standard InChI is InChI=1S/C22H28BrNO4/c1-15(2)9-10-27-20-8-6-17(12-21(20)26-4)13-24-22(25)14-28-19-7-5-16(3)11-18(19)23/h5-8,11-12,15H,9-10,13-14H2,1-4H3,(H,24,25). The van der Waals surface area contributed by atoms with Crippen molar-refractivity contribution in [3.8, 4) is 17.2 Å². The molecule has 152 valence electrons. The maximum Gasteiger partial charge on any atom is 0.258 e. The molecule has 0 atom stereocenters. The fourth-order valence-electron chi connectivity index (χ4n) is 2.46. The Bertz CT molecular complexity index is 792. The third kappa shape index (κ3) is 7.08. The van der Waals surface area contributed by atoms with Crippen LogP contribution in [-0.4, -0.2) is 26.2 Å². The SMILES string of the molecule is COc1cc(CNC(=O)COc2ccc(C)cc2Br)ccc1OCCC(C)C. The van der Waals surface area contributed by atoms with Gasteiger partial charge in [0.05, 0.1) is 18.2 Å². The van der Waals surface area contributed by atoms with Gasteiger partial charge < -0.3 is 19.5 Å². The summed E-state index contributed by atoms with van der Waals surface area (Å²) in [6, 6.07) is 11.4. The Hall–Kier alpha value is -2.21. The summed E-state index contributed by atoms with van der Waals surface area (Å²) in [6.45, 7) is 7.31. The zero-order chi connectivity index (χ0) is 20.5. The third-order valence-electron chi connectivity index (χ3n) is 4.12. The Morgan fingerprint density at radius 3 is 2.50 bits per heavy atom. The summed E-state index contributed by atoms with van der Waals surface area (Å²) in [5, 5.41) is 2.85. The summed E-state index contributed by atoms with van der Waals surface area (Å²) < 4.78 is 17.6. The van der Waals surface area contributed by atoms with Crippen LogP contribution in [0, 0.1) is 12.8 Å². The van der Waals surface area contributed by atoms with E-state index in [0.717, 1.165) is 22.0 Å². The van der Waals surface area contributed by atoms with E-state index in [1.165, 1.54) is 0 Å². The van der Waals surface area contributed by atoms with E-state index in [1.54, 1.807) is 7.11 Å². The number of rotatable bonds is 10. The highest BCUT2D eigenvalue weighted by Gasteiger charge is 2.09. The number of hydrogen-bond acceptors (Lipinski definition) is 4. The number of nitrogens with one attached hydrogen (secondary N) is 1. The highest BCUT2D eigenvalue weighted by molar-refractivity contribution is 9.10. The maximum atomic E-state index is 12.1. The second kappa shape index (κ2) is 11.0. The van der Waals surface area contributed by atoms with E-state index >= 15 is 0 Å². The van der Waals surface area contributed by atoms with E-state index in [1.807, 2.05) is 43.3 Å². The minimum absolute atomic E-state index is 0.0464. The van der Waals surface area contributed by atoms with Crippen LogP contribution < -0.4 is 19.5 Å². The number of ether oxygens (including phenoxy) is 3. The number of amides is 1. The topological polar surface area (TPSA) is 56.8 Å². The minimum Gasteiger partial charge on any atom is -0.493 e. The molecule has 0 saturated heterocycles. The Labute approximate surface area is 175 Å². The molecule has 0 radical (unpaired) electrons. The fraction of sp³-hybridized carbons (Fsp3) is 0.409. The average molecular weight is 450 g/mol. The molecule has 2 rings (SSSR count). The third-order valence-corrected chi connectivity index (χ3v) is 4.74. The summed E-state index contributed by atoms with van der Waals surface area (Å²) in [7, 11) is 1.61. The van der Waals surface area contributed by atoms with Gasteiger partial charge in [-0.1, -0.05) is 26.0 Å². The predicted molar refractivity (Wildman–Crippen MR) is 114 cm³/mol. The van der Waals surface area contributed by atoms with Crippen LogP contribution in [0.1, 0.15) is 31.4 Å². The number of methoxy groups -OCH3 is 1. The van der Waals surface area contributed by atoms with Crippen molar-refractivity contribution in [1.29, 1.82) is 0 Å². The van der Waals surface area contributed by atoms with Gasteiger partial charge in [0.25, 0.3) is 5.91 Å². The largest absolute Gasteiger partial charge is 0.493 e. The zero-order valence-corrected chi connectivity index (χ0v) is 18.5. The van der Waals surface area contributed by atoms with Crippen molar-refractivity contribution in [2.24, 2.45) is 5.92 Å². The summed E-state index contributed by atoms with van der Waals surface area (Å²) in [5.41, 5.74) is 2.05. The lowest BCUT2D eigenvalue weighted by Gasteiger charge is -2.14. The number of halogens is 1. The molecular formula is C22H28BrNO4. The molecule has 0 bridgehead atoms. The summed E-state index contributed by atoms with van der Waals surface area (Å²) in [4.78, 5) is 12.1. The van der Waals surface area contributed by atoms with E-state index in [2.05, 4.69) is 35.1 Å². The molecule has 2 aromatic carbocycles. The fourth-order valence-corrected chi connectivity index (χ4v) is 3.07. The molecule has 6 heteroatoms. The quantitative estimate of drug-likeness (QED) is 0.560. The molecule has 1 N–H and O–H groups in total. The average Bonchev–Trinajstić information content (AvgIpc) is 2.66. The van der Waals surface area contributed by atoms with Gasteiger partial charge in [0.1, 0.15) is 5.75 Å². The Balaban J connectivity index is 1.84. The first-order valence-corrected chi connectivity index (χ1v) is 10.1. The van der Waals surface area contributed by atoms with Gasteiger partial charge >= 0.3 is 0 Å². The number of hydrogen-bond donors (Lipinski definition) is 1. The first-order chi connectivity index (χ1) is 13.4. The zero-order valence-electron chi connectivity index (χ0n) is 16.9. The van der Waals surface area contributed by atoms with E-state index < -0.39 is 0 Å². The number of benzene rings is 2. The molecule has 0 aliphatic rings. The van der Waals surface area contributed by atoms with Gasteiger partial charge in [0.15, 0.2) is 18.1 Å². The second-order valence-electron chi connectivity index (χ2n) is 7.02. The summed E-state index contributed by atoms with van der Waals surface area (Å²) >= 11 is 3.44. The Morgan fingerprint density at radius 1 is 1.07 bits per heavy atom. The molecule has 1 amide bonds.